The molecule has 0 radical (unpaired) electrons. The molecule has 0 saturated heterocycles. The van der Waals surface area contributed by atoms with Crippen molar-refractivity contribution in [1.29, 1.82) is 0 Å². The Morgan fingerprint density at radius 1 is 1.05 bits per heavy atom. The molecule has 0 fully saturated rings. The van der Waals surface area contributed by atoms with Crippen LogP contribution in [0.5, 0.6) is 11.5 Å². The van der Waals surface area contributed by atoms with Crippen molar-refractivity contribution in [2.24, 2.45) is 5.73 Å². The van der Waals surface area contributed by atoms with Crippen LogP contribution in [0, 0.1) is 0 Å². The first-order valence-corrected chi connectivity index (χ1v) is 6.84. The molecular weight excluding hydrogens is 250 g/mol. The summed E-state index contributed by atoms with van der Waals surface area (Å²) >= 11 is 0. The molecule has 20 heavy (non-hydrogen) atoms. The van der Waals surface area contributed by atoms with Gasteiger partial charge in [0, 0.05) is 12.1 Å². The van der Waals surface area contributed by atoms with Crippen molar-refractivity contribution in [3.63, 3.8) is 0 Å². The molecular formula is C17H21NO2. The van der Waals surface area contributed by atoms with E-state index in [1.54, 1.807) is 7.11 Å². The van der Waals surface area contributed by atoms with E-state index in [2.05, 4.69) is 19.1 Å². The van der Waals surface area contributed by atoms with E-state index in [9.17, 15) is 0 Å². The number of hydrogen-bond donors (Lipinski definition) is 1. The van der Waals surface area contributed by atoms with Gasteiger partial charge in [-0.1, -0.05) is 25.1 Å². The Morgan fingerprint density at radius 2 is 1.90 bits per heavy atom. The molecule has 0 aliphatic rings. The van der Waals surface area contributed by atoms with Crippen molar-refractivity contribution in [2.75, 3.05) is 7.11 Å². The summed E-state index contributed by atoms with van der Waals surface area (Å²) < 4.78 is 11.2. The number of rotatable bonds is 6. The molecule has 0 unspecified atom stereocenters. The molecule has 106 valence electrons. The van der Waals surface area contributed by atoms with E-state index in [0.29, 0.717) is 13.2 Å². The second-order valence-electron chi connectivity index (χ2n) is 4.64. The van der Waals surface area contributed by atoms with Gasteiger partial charge in [0.15, 0.2) is 0 Å². The summed E-state index contributed by atoms with van der Waals surface area (Å²) in [5, 5.41) is 0. The van der Waals surface area contributed by atoms with E-state index < -0.39 is 0 Å². The van der Waals surface area contributed by atoms with Crippen LogP contribution in [0.2, 0.25) is 0 Å². The van der Waals surface area contributed by atoms with Crippen molar-refractivity contribution < 1.29 is 9.47 Å². The fraction of sp³-hybridized carbons (Fsp3) is 0.294. The zero-order valence-corrected chi connectivity index (χ0v) is 12.1. The summed E-state index contributed by atoms with van der Waals surface area (Å²) in [5.74, 6) is 1.71. The Hall–Kier alpha value is -2.00. The van der Waals surface area contributed by atoms with Gasteiger partial charge in [-0.2, -0.15) is 0 Å². The maximum absolute atomic E-state index is 5.86. The van der Waals surface area contributed by atoms with Gasteiger partial charge in [-0.05, 0) is 41.8 Å². The lowest BCUT2D eigenvalue weighted by Gasteiger charge is -2.12. The van der Waals surface area contributed by atoms with Gasteiger partial charge in [-0.25, -0.2) is 0 Å². The maximum atomic E-state index is 5.86. The first-order chi connectivity index (χ1) is 9.76. The van der Waals surface area contributed by atoms with E-state index in [-0.39, 0.29) is 0 Å². The lowest BCUT2D eigenvalue weighted by atomic mass is 10.1. The third kappa shape index (κ3) is 3.52. The zero-order valence-electron chi connectivity index (χ0n) is 12.1. The number of aryl methyl sites for hydroxylation is 1. The molecule has 3 heteroatoms. The fourth-order valence-electron chi connectivity index (χ4n) is 2.09. The van der Waals surface area contributed by atoms with Crippen LogP contribution in [0.25, 0.3) is 0 Å². The fourth-order valence-corrected chi connectivity index (χ4v) is 2.09. The molecule has 0 aromatic heterocycles. The van der Waals surface area contributed by atoms with Crippen molar-refractivity contribution in [3.05, 3.63) is 59.2 Å². The summed E-state index contributed by atoms with van der Waals surface area (Å²) in [6.07, 6.45) is 1.00. The molecule has 2 N–H and O–H groups in total. The molecule has 0 bridgehead atoms. The second-order valence-corrected chi connectivity index (χ2v) is 4.64. The Morgan fingerprint density at radius 3 is 2.60 bits per heavy atom. The molecule has 0 saturated carbocycles. The highest BCUT2D eigenvalue weighted by atomic mass is 16.5. The van der Waals surface area contributed by atoms with E-state index >= 15 is 0 Å². The normalized spacial score (nSPS) is 10.3. The second kappa shape index (κ2) is 6.96. The number of methoxy groups -OCH3 is 1. The highest BCUT2D eigenvalue weighted by Gasteiger charge is 2.05. The van der Waals surface area contributed by atoms with Crippen molar-refractivity contribution >= 4 is 0 Å². The molecule has 3 nitrogen and oxygen atoms in total. The molecule has 2 aromatic carbocycles. The quantitative estimate of drug-likeness (QED) is 0.876. The van der Waals surface area contributed by atoms with E-state index in [4.69, 9.17) is 15.2 Å². The van der Waals surface area contributed by atoms with Gasteiger partial charge in [-0.3, -0.25) is 0 Å². The Balaban J connectivity index is 2.12. The summed E-state index contributed by atoms with van der Waals surface area (Å²) in [5.41, 5.74) is 9.03. The first-order valence-electron chi connectivity index (χ1n) is 6.84. The molecule has 2 rings (SSSR count). The van der Waals surface area contributed by atoms with Crippen LogP contribution >= 0.6 is 0 Å². The topological polar surface area (TPSA) is 44.5 Å². The van der Waals surface area contributed by atoms with Crippen LogP contribution in [0.1, 0.15) is 23.6 Å². The van der Waals surface area contributed by atoms with Crippen molar-refractivity contribution in [3.8, 4) is 11.5 Å². The number of ether oxygens (including phenoxy) is 2. The average molecular weight is 271 g/mol. The Kier molecular flexibility index (Phi) is 5.02. The van der Waals surface area contributed by atoms with Gasteiger partial charge in [0.2, 0.25) is 0 Å². The van der Waals surface area contributed by atoms with Crippen molar-refractivity contribution in [1.82, 2.24) is 0 Å². The lowest BCUT2D eigenvalue weighted by Crippen LogP contribution is -2.02. The molecule has 0 amide bonds. The van der Waals surface area contributed by atoms with Crippen molar-refractivity contribution in [2.45, 2.75) is 26.5 Å². The highest BCUT2D eigenvalue weighted by Crippen LogP contribution is 2.22. The third-order valence-corrected chi connectivity index (χ3v) is 3.28. The van der Waals surface area contributed by atoms with Crippen LogP contribution in [-0.4, -0.2) is 7.11 Å². The van der Waals surface area contributed by atoms with Gasteiger partial charge >= 0.3 is 0 Å². The molecule has 0 atom stereocenters. The predicted octanol–water partition coefficient (Wildman–Crippen LogP) is 3.30. The van der Waals surface area contributed by atoms with E-state index in [1.807, 2.05) is 30.3 Å². The van der Waals surface area contributed by atoms with Gasteiger partial charge in [0.25, 0.3) is 0 Å². The van der Waals surface area contributed by atoms with Gasteiger partial charge in [0.1, 0.15) is 18.1 Å². The Labute approximate surface area is 120 Å². The van der Waals surface area contributed by atoms with E-state index in [1.165, 1.54) is 5.56 Å². The lowest BCUT2D eigenvalue weighted by molar-refractivity contribution is 0.296. The number of hydrogen-bond acceptors (Lipinski definition) is 3. The van der Waals surface area contributed by atoms with Gasteiger partial charge < -0.3 is 15.2 Å². The molecule has 0 heterocycles. The summed E-state index contributed by atoms with van der Waals surface area (Å²) in [7, 11) is 1.67. The summed E-state index contributed by atoms with van der Waals surface area (Å²) in [6, 6.07) is 14.1. The van der Waals surface area contributed by atoms with Crippen LogP contribution in [0.4, 0.5) is 0 Å². The van der Waals surface area contributed by atoms with Gasteiger partial charge in [-0.15, -0.1) is 0 Å². The summed E-state index contributed by atoms with van der Waals surface area (Å²) in [6.45, 7) is 3.12. The maximum Gasteiger partial charge on any atom is 0.125 e. The van der Waals surface area contributed by atoms with E-state index in [0.717, 1.165) is 29.0 Å². The third-order valence-electron chi connectivity index (χ3n) is 3.28. The predicted molar refractivity (Wildman–Crippen MR) is 81.0 cm³/mol. The number of nitrogens with two attached hydrogens (primary N) is 1. The molecule has 2 aromatic rings. The molecule has 0 aliphatic heterocycles. The standard InChI is InChI=1S/C17H21NO2/c1-3-13-5-4-6-16(10-13)20-12-15-9-14(11-18)7-8-17(15)19-2/h4-10H,3,11-12,18H2,1-2H3. The largest absolute Gasteiger partial charge is 0.496 e. The monoisotopic (exact) mass is 271 g/mol. The van der Waals surface area contributed by atoms with Crippen LogP contribution in [0.15, 0.2) is 42.5 Å². The SMILES string of the molecule is CCc1cccc(OCc2cc(CN)ccc2OC)c1. The van der Waals surface area contributed by atoms with Crippen LogP contribution in [0.3, 0.4) is 0 Å². The minimum atomic E-state index is 0.476. The first kappa shape index (κ1) is 14.4. The van der Waals surface area contributed by atoms with Crippen LogP contribution < -0.4 is 15.2 Å². The molecule has 0 spiro atoms. The smallest absolute Gasteiger partial charge is 0.125 e. The zero-order chi connectivity index (χ0) is 14.4. The molecule has 0 aliphatic carbocycles. The van der Waals surface area contributed by atoms with Crippen LogP contribution in [-0.2, 0) is 19.6 Å². The Bertz CT molecular complexity index is 567. The number of benzene rings is 2. The minimum Gasteiger partial charge on any atom is -0.496 e. The summed E-state index contributed by atoms with van der Waals surface area (Å²) in [4.78, 5) is 0. The highest BCUT2D eigenvalue weighted by molar-refractivity contribution is 5.37. The van der Waals surface area contributed by atoms with Gasteiger partial charge in [0.05, 0.1) is 7.11 Å². The minimum absolute atomic E-state index is 0.476. The average Bonchev–Trinajstić information content (AvgIpc) is 2.52.